The fourth-order valence-corrected chi connectivity index (χ4v) is 3.84. The summed E-state index contributed by atoms with van der Waals surface area (Å²) in [6, 6.07) is 16.0. The number of anilines is 2. The maximum absolute atomic E-state index is 12.8. The summed E-state index contributed by atoms with van der Waals surface area (Å²) in [5.41, 5.74) is 2.79. The highest BCUT2D eigenvalue weighted by Crippen LogP contribution is 2.34. The standard InChI is InChI=1S/C22H20N2O4S/c1-13-9-11-16(12-10-13)23-20(26)18-14(2)17(22(27)28-3)21(29-18)24-19(25)15-7-5-4-6-8-15/h4-12H,1-3H3,(H,23,26)(H,24,25). The number of carbonyl (C=O) groups excluding carboxylic acids is 3. The highest BCUT2D eigenvalue weighted by Gasteiger charge is 2.26. The Morgan fingerprint density at radius 1 is 0.862 bits per heavy atom. The van der Waals surface area contributed by atoms with E-state index in [-0.39, 0.29) is 22.4 Å². The summed E-state index contributed by atoms with van der Waals surface area (Å²) >= 11 is 1.04. The van der Waals surface area contributed by atoms with Crippen molar-refractivity contribution in [2.45, 2.75) is 13.8 Å². The van der Waals surface area contributed by atoms with Crippen molar-refractivity contribution < 1.29 is 19.1 Å². The Labute approximate surface area is 172 Å². The third kappa shape index (κ3) is 4.52. The number of ether oxygens (including phenoxy) is 1. The molecule has 0 aliphatic rings. The van der Waals surface area contributed by atoms with Crippen LogP contribution in [-0.2, 0) is 4.74 Å². The van der Waals surface area contributed by atoms with Crippen molar-refractivity contribution in [3.05, 3.63) is 81.7 Å². The number of hydrogen-bond acceptors (Lipinski definition) is 5. The first kappa shape index (κ1) is 20.3. The van der Waals surface area contributed by atoms with Crippen LogP contribution < -0.4 is 10.6 Å². The molecule has 6 nitrogen and oxygen atoms in total. The predicted molar refractivity (Wildman–Crippen MR) is 114 cm³/mol. The summed E-state index contributed by atoms with van der Waals surface area (Å²) in [5, 5.41) is 5.82. The van der Waals surface area contributed by atoms with Gasteiger partial charge in [0.05, 0.1) is 17.6 Å². The Morgan fingerprint density at radius 2 is 1.52 bits per heavy atom. The topological polar surface area (TPSA) is 84.5 Å². The van der Waals surface area contributed by atoms with Gasteiger partial charge in [-0.05, 0) is 43.7 Å². The van der Waals surface area contributed by atoms with E-state index in [2.05, 4.69) is 10.6 Å². The van der Waals surface area contributed by atoms with Gasteiger partial charge in [-0.2, -0.15) is 0 Å². The molecule has 1 aromatic heterocycles. The average molecular weight is 408 g/mol. The molecule has 3 aromatic rings. The molecule has 148 valence electrons. The first-order chi connectivity index (χ1) is 13.9. The lowest BCUT2D eigenvalue weighted by Crippen LogP contribution is -2.14. The average Bonchev–Trinajstić information content (AvgIpc) is 3.05. The number of methoxy groups -OCH3 is 1. The Morgan fingerprint density at radius 3 is 2.14 bits per heavy atom. The molecule has 0 saturated carbocycles. The molecule has 2 N–H and O–H groups in total. The number of nitrogens with one attached hydrogen (secondary N) is 2. The van der Waals surface area contributed by atoms with Gasteiger partial charge in [0.15, 0.2) is 0 Å². The van der Waals surface area contributed by atoms with E-state index >= 15 is 0 Å². The van der Waals surface area contributed by atoms with E-state index in [4.69, 9.17) is 4.74 Å². The normalized spacial score (nSPS) is 10.3. The van der Waals surface area contributed by atoms with Crippen LogP contribution in [0.1, 0.15) is 41.5 Å². The second-order valence-corrected chi connectivity index (χ2v) is 7.41. The summed E-state index contributed by atoms with van der Waals surface area (Å²) < 4.78 is 4.85. The monoisotopic (exact) mass is 408 g/mol. The van der Waals surface area contributed by atoms with Gasteiger partial charge < -0.3 is 15.4 Å². The molecule has 7 heteroatoms. The summed E-state index contributed by atoms with van der Waals surface area (Å²) in [6.45, 7) is 3.62. The molecule has 0 radical (unpaired) electrons. The summed E-state index contributed by atoms with van der Waals surface area (Å²) in [6.07, 6.45) is 0. The molecule has 29 heavy (non-hydrogen) atoms. The lowest BCUT2D eigenvalue weighted by atomic mass is 10.1. The fraction of sp³-hybridized carbons (Fsp3) is 0.136. The van der Waals surface area contributed by atoms with Crippen LogP contribution in [0, 0.1) is 13.8 Å². The number of rotatable bonds is 5. The molecule has 1 heterocycles. The van der Waals surface area contributed by atoms with E-state index in [0.29, 0.717) is 21.7 Å². The van der Waals surface area contributed by atoms with E-state index in [1.165, 1.54) is 7.11 Å². The van der Waals surface area contributed by atoms with E-state index in [1.807, 2.05) is 19.1 Å². The van der Waals surface area contributed by atoms with E-state index in [9.17, 15) is 14.4 Å². The highest BCUT2D eigenvalue weighted by molar-refractivity contribution is 7.19. The van der Waals surface area contributed by atoms with Gasteiger partial charge in [-0.1, -0.05) is 35.9 Å². The first-order valence-electron chi connectivity index (χ1n) is 8.87. The van der Waals surface area contributed by atoms with E-state index in [1.54, 1.807) is 49.4 Å². The van der Waals surface area contributed by atoms with Crippen LogP contribution in [0.3, 0.4) is 0 Å². The SMILES string of the molecule is COC(=O)c1c(NC(=O)c2ccccc2)sc(C(=O)Nc2ccc(C)cc2)c1C. The van der Waals surface area contributed by atoms with Gasteiger partial charge in [0, 0.05) is 11.3 Å². The van der Waals surface area contributed by atoms with Gasteiger partial charge in [-0.3, -0.25) is 9.59 Å². The molecule has 0 saturated heterocycles. The molecule has 0 bridgehead atoms. The number of aryl methyl sites for hydroxylation is 1. The second-order valence-electron chi connectivity index (χ2n) is 6.39. The highest BCUT2D eigenvalue weighted by atomic mass is 32.1. The number of amides is 2. The van der Waals surface area contributed by atoms with Crippen molar-refractivity contribution >= 4 is 39.8 Å². The zero-order valence-electron chi connectivity index (χ0n) is 16.2. The zero-order chi connectivity index (χ0) is 21.0. The van der Waals surface area contributed by atoms with Crippen molar-refractivity contribution in [2.75, 3.05) is 17.7 Å². The van der Waals surface area contributed by atoms with Gasteiger partial charge in [-0.25, -0.2) is 4.79 Å². The molecule has 0 spiro atoms. The fourth-order valence-electron chi connectivity index (χ4n) is 2.76. The summed E-state index contributed by atoms with van der Waals surface area (Å²) in [5.74, 6) is -1.35. The minimum atomic E-state index is -0.614. The molecule has 2 amide bonds. The third-order valence-electron chi connectivity index (χ3n) is 4.32. The molecule has 2 aromatic carbocycles. The maximum atomic E-state index is 12.8. The minimum absolute atomic E-state index is 0.177. The van der Waals surface area contributed by atoms with Gasteiger partial charge in [0.25, 0.3) is 11.8 Å². The predicted octanol–water partition coefficient (Wildman–Crippen LogP) is 4.66. The Bertz CT molecular complexity index is 1060. The quantitative estimate of drug-likeness (QED) is 0.602. The van der Waals surface area contributed by atoms with E-state index < -0.39 is 5.97 Å². The van der Waals surface area contributed by atoms with Crippen LogP contribution in [-0.4, -0.2) is 24.9 Å². The molecule has 0 unspecified atom stereocenters. The molecule has 0 aliphatic carbocycles. The number of benzene rings is 2. The van der Waals surface area contributed by atoms with Crippen LogP contribution in [0.2, 0.25) is 0 Å². The van der Waals surface area contributed by atoms with Crippen LogP contribution in [0.4, 0.5) is 10.7 Å². The van der Waals surface area contributed by atoms with Crippen molar-refractivity contribution in [1.29, 1.82) is 0 Å². The molecular formula is C22H20N2O4S. The smallest absolute Gasteiger partial charge is 0.341 e. The van der Waals surface area contributed by atoms with Gasteiger partial charge in [-0.15, -0.1) is 11.3 Å². The van der Waals surface area contributed by atoms with Crippen molar-refractivity contribution in [1.82, 2.24) is 0 Å². The summed E-state index contributed by atoms with van der Waals surface area (Å²) in [7, 11) is 1.26. The van der Waals surface area contributed by atoms with Crippen molar-refractivity contribution in [2.24, 2.45) is 0 Å². The number of carbonyl (C=O) groups is 3. The lowest BCUT2D eigenvalue weighted by Gasteiger charge is -2.06. The Kier molecular flexibility index (Phi) is 6.09. The largest absolute Gasteiger partial charge is 0.465 e. The van der Waals surface area contributed by atoms with Crippen LogP contribution in [0.5, 0.6) is 0 Å². The van der Waals surface area contributed by atoms with Gasteiger partial charge in [0.2, 0.25) is 0 Å². The molecule has 3 rings (SSSR count). The molecule has 0 fully saturated rings. The molecule has 0 atom stereocenters. The lowest BCUT2D eigenvalue weighted by molar-refractivity contribution is 0.0601. The third-order valence-corrected chi connectivity index (χ3v) is 5.52. The number of hydrogen-bond donors (Lipinski definition) is 2. The Hall–Kier alpha value is -3.45. The second kappa shape index (κ2) is 8.70. The van der Waals surface area contributed by atoms with E-state index in [0.717, 1.165) is 16.9 Å². The summed E-state index contributed by atoms with van der Waals surface area (Å²) in [4.78, 5) is 38.0. The molecule has 0 aliphatic heterocycles. The van der Waals surface area contributed by atoms with Gasteiger partial charge >= 0.3 is 5.97 Å². The first-order valence-corrected chi connectivity index (χ1v) is 9.68. The minimum Gasteiger partial charge on any atom is -0.465 e. The maximum Gasteiger partial charge on any atom is 0.341 e. The van der Waals surface area contributed by atoms with Crippen LogP contribution in [0.15, 0.2) is 54.6 Å². The van der Waals surface area contributed by atoms with Gasteiger partial charge in [0.1, 0.15) is 5.00 Å². The van der Waals surface area contributed by atoms with Crippen LogP contribution >= 0.6 is 11.3 Å². The zero-order valence-corrected chi connectivity index (χ0v) is 17.1. The van der Waals surface area contributed by atoms with Crippen LogP contribution in [0.25, 0.3) is 0 Å². The number of thiophene rings is 1. The molecular weight excluding hydrogens is 388 g/mol. The Balaban J connectivity index is 1.92. The van der Waals surface area contributed by atoms with Crippen molar-refractivity contribution in [3.63, 3.8) is 0 Å². The van der Waals surface area contributed by atoms with Crippen molar-refractivity contribution in [3.8, 4) is 0 Å². The number of esters is 1.